The normalized spacial score (nSPS) is 12.7. The summed E-state index contributed by atoms with van der Waals surface area (Å²) in [5.74, 6) is 0. The van der Waals surface area contributed by atoms with E-state index in [0.717, 1.165) is 28.4 Å². The molecule has 2 aliphatic heterocycles. The summed E-state index contributed by atoms with van der Waals surface area (Å²) in [5, 5.41) is 4.95. The highest BCUT2D eigenvalue weighted by Gasteiger charge is 2.44. The molecule has 0 aliphatic carbocycles. The van der Waals surface area contributed by atoms with Gasteiger partial charge in [-0.05, 0) is 138 Å². The van der Waals surface area contributed by atoms with Crippen LogP contribution in [0.5, 0.6) is 0 Å². The van der Waals surface area contributed by atoms with Crippen LogP contribution in [0, 0.1) is 0 Å². The van der Waals surface area contributed by atoms with E-state index in [0.29, 0.717) is 0 Å². The molecule has 12 aromatic carbocycles. The number of hydrogen-bond acceptors (Lipinski definition) is 2. The summed E-state index contributed by atoms with van der Waals surface area (Å²) in [6.45, 7) is 6.83. The van der Waals surface area contributed by atoms with Gasteiger partial charge < -0.3 is 14.4 Å². The zero-order chi connectivity index (χ0) is 52.1. The molecule has 0 bridgehead atoms. The first-order chi connectivity index (χ1) is 38.3. The Morgan fingerprint density at radius 1 is 0.308 bits per heavy atom. The van der Waals surface area contributed by atoms with Crippen molar-refractivity contribution < 1.29 is 0 Å². The van der Waals surface area contributed by atoms with E-state index in [4.69, 9.17) is 0 Å². The molecule has 1 aromatic heterocycles. The maximum atomic E-state index is 2.57. The molecule has 0 saturated heterocycles. The van der Waals surface area contributed by atoms with E-state index in [9.17, 15) is 0 Å². The second-order valence-corrected chi connectivity index (χ2v) is 22.1. The molecule has 0 unspecified atom stereocenters. The molecule has 4 heteroatoms. The summed E-state index contributed by atoms with van der Waals surface area (Å²) >= 11 is 0. The Hall–Kier alpha value is -9.64. The van der Waals surface area contributed by atoms with Crippen molar-refractivity contribution in [1.82, 2.24) is 4.57 Å². The van der Waals surface area contributed by atoms with Crippen LogP contribution in [-0.4, -0.2) is 11.3 Å². The average Bonchev–Trinajstić information content (AvgIpc) is 3.95. The SMILES string of the molecule is CC(C)(C)c1ccc2c(c1)c1ccc3ccccc3c1n2-c1cc2c3c(c1)N(c1ccc(-c4ccccc4)cc1)c1ccc(-c4ccccc4)cc1B3c1cc(-c3ccccc3)ccc1N2c1ccc(-c2ccccc2)cc1. The Morgan fingerprint density at radius 2 is 0.744 bits per heavy atom. The molecule has 15 rings (SSSR count). The molecule has 0 spiro atoms. The van der Waals surface area contributed by atoms with Gasteiger partial charge in [-0.25, -0.2) is 0 Å². The Morgan fingerprint density at radius 3 is 1.23 bits per heavy atom. The van der Waals surface area contributed by atoms with Gasteiger partial charge in [0.2, 0.25) is 0 Å². The molecule has 3 heterocycles. The Labute approximate surface area is 456 Å². The molecule has 2 aliphatic rings. The summed E-state index contributed by atoms with van der Waals surface area (Å²) in [6, 6.07) is 102. The van der Waals surface area contributed by atoms with Gasteiger partial charge in [-0.2, -0.15) is 0 Å². The first-order valence-corrected chi connectivity index (χ1v) is 27.3. The monoisotopic (exact) mass is 995 g/mol. The molecule has 368 valence electrons. The van der Waals surface area contributed by atoms with Gasteiger partial charge >= 0.3 is 0 Å². The van der Waals surface area contributed by atoms with Gasteiger partial charge in [0, 0.05) is 50.3 Å². The lowest BCUT2D eigenvalue weighted by atomic mass is 9.33. The number of hydrogen-bond donors (Lipinski definition) is 0. The van der Waals surface area contributed by atoms with Crippen molar-refractivity contribution in [2.24, 2.45) is 0 Å². The van der Waals surface area contributed by atoms with E-state index in [1.807, 2.05) is 0 Å². The molecule has 78 heavy (non-hydrogen) atoms. The van der Waals surface area contributed by atoms with Gasteiger partial charge in [-0.3, -0.25) is 0 Å². The average molecular weight is 996 g/mol. The van der Waals surface area contributed by atoms with Crippen LogP contribution in [0.15, 0.2) is 273 Å². The highest BCUT2D eigenvalue weighted by atomic mass is 15.2. The fourth-order valence-electron chi connectivity index (χ4n) is 12.7. The third-order valence-corrected chi connectivity index (χ3v) is 16.5. The number of rotatable bonds is 7. The second kappa shape index (κ2) is 18.0. The Balaban J connectivity index is 1.07. The highest BCUT2D eigenvalue weighted by molar-refractivity contribution is 7.00. The number of anilines is 6. The van der Waals surface area contributed by atoms with E-state index in [-0.39, 0.29) is 12.1 Å². The third kappa shape index (κ3) is 7.43. The minimum atomic E-state index is -0.116. The smallest absolute Gasteiger partial charge is 0.252 e. The fourth-order valence-corrected chi connectivity index (χ4v) is 12.7. The van der Waals surface area contributed by atoms with E-state index in [1.54, 1.807) is 0 Å². The van der Waals surface area contributed by atoms with Gasteiger partial charge in [0.25, 0.3) is 6.71 Å². The van der Waals surface area contributed by atoms with Crippen molar-refractivity contribution in [3.05, 3.63) is 279 Å². The summed E-state index contributed by atoms with van der Waals surface area (Å²) in [4.78, 5) is 5.12. The molecule has 3 nitrogen and oxygen atoms in total. The summed E-state index contributed by atoms with van der Waals surface area (Å²) < 4.78 is 2.57. The molecule has 0 radical (unpaired) electrons. The Bertz CT molecular complexity index is 4250. The van der Waals surface area contributed by atoms with Gasteiger partial charge in [0.1, 0.15) is 0 Å². The van der Waals surface area contributed by atoms with Crippen LogP contribution >= 0.6 is 0 Å². The number of benzene rings is 12. The van der Waals surface area contributed by atoms with Crippen LogP contribution in [0.3, 0.4) is 0 Å². The van der Waals surface area contributed by atoms with E-state index < -0.39 is 0 Å². The summed E-state index contributed by atoms with van der Waals surface area (Å²) in [5.41, 5.74) is 25.0. The number of fused-ring (bicyclic) bond motifs is 9. The molecule has 0 N–H and O–H groups in total. The zero-order valence-corrected chi connectivity index (χ0v) is 43.9. The molecule has 13 aromatic rings. The van der Waals surface area contributed by atoms with Crippen molar-refractivity contribution in [1.29, 1.82) is 0 Å². The predicted molar refractivity (Wildman–Crippen MR) is 333 cm³/mol. The van der Waals surface area contributed by atoms with Gasteiger partial charge in [-0.1, -0.05) is 233 Å². The first-order valence-electron chi connectivity index (χ1n) is 27.3. The van der Waals surface area contributed by atoms with Gasteiger partial charge in [0.15, 0.2) is 0 Å². The maximum Gasteiger partial charge on any atom is 0.252 e. The minimum Gasteiger partial charge on any atom is -0.311 e. The Kier molecular flexibility index (Phi) is 10.6. The van der Waals surface area contributed by atoms with E-state index >= 15 is 0 Å². The lowest BCUT2D eigenvalue weighted by Gasteiger charge is -2.44. The van der Waals surface area contributed by atoms with Crippen molar-refractivity contribution in [2.45, 2.75) is 26.2 Å². The quantitative estimate of drug-likeness (QED) is 0.147. The van der Waals surface area contributed by atoms with Crippen molar-refractivity contribution in [3.8, 4) is 50.2 Å². The molecule has 0 fully saturated rings. The lowest BCUT2D eigenvalue weighted by Crippen LogP contribution is -2.61. The third-order valence-electron chi connectivity index (χ3n) is 16.5. The highest BCUT2D eigenvalue weighted by Crippen LogP contribution is 2.48. The largest absolute Gasteiger partial charge is 0.311 e. The van der Waals surface area contributed by atoms with Crippen LogP contribution in [0.1, 0.15) is 26.3 Å². The topological polar surface area (TPSA) is 11.4 Å². The van der Waals surface area contributed by atoms with Gasteiger partial charge in [-0.15, -0.1) is 0 Å². The molecule has 0 saturated carbocycles. The van der Waals surface area contributed by atoms with Crippen LogP contribution < -0.4 is 26.2 Å². The zero-order valence-electron chi connectivity index (χ0n) is 43.9. The second-order valence-electron chi connectivity index (χ2n) is 22.1. The lowest BCUT2D eigenvalue weighted by molar-refractivity contribution is 0.591. The number of nitrogens with zero attached hydrogens (tertiary/aromatic N) is 3. The predicted octanol–water partition coefficient (Wildman–Crippen LogP) is 18.0. The molecule has 0 atom stereocenters. The molecular formula is C74H54BN3. The van der Waals surface area contributed by atoms with Crippen molar-refractivity contribution >= 4 is 89.8 Å². The van der Waals surface area contributed by atoms with Crippen molar-refractivity contribution in [3.63, 3.8) is 0 Å². The van der Waals surface area contributed by atoms with Crippen LogP contribution in [0.25, 0.3) is 82.8 Å². The standard InChI is InChI=1S/C74H54BN3/c1-74(2,3)58-35-43-67-64(46-58)63-40-32-55-26-16-17-27-62(55)73(63)78(67)61-47-70-72-71(48-61)77(60-38-30-54(31-39-60)50-20-10-5-11-21-50)69-42-34-57(52-24-14-7-15-25-52)45-66(69)75(72)65-44-56(51-22-12-6-13-23-51)33-41-68(65)76(70)59-36-28-53(29-37-59)49-18-8-4-9-19-49/h4-48H,1-3H3. The van der Waals surface area contributed by atoms with Crippen molar-refractivity contribution in [2.75, 3.05) is 9.80 Å². The summed E-state index contributed by atoms with van der Waals surface area (Å²) in [6.07, 6.45) is 0. The van der Waals surface area contributed by atoms with E-state index in [2.05, 4.69) is 308 Å². The minimum absolute atomic E-state index is 0.0286. The molecule has 0 amide bonds. The first kappa shape index (κ1) is 45.7. The molecular weight excluding hydrogens is 942 g/mol. The van der Waals surface area contributed by atoms with E-state index in [1.165, 1.54) is 110 Å². The van der Waals surface area contributed by atoms with Crippen LogP contribution in [0.2, 0.25) is 0 Å². The fraction of sp³-hybridized carbons (Fsp3) is 0.0541. The maximum absolute atomic E-state index is 2.57. The van der Waals surface area contributed by atoms with Crippen LogP contribution in [0.4, 0.5) is 34.1 Å². The summed E-state index contributed by atoms with van der Waals surface area (Å²) in [7, 11) is 0. The van der Waals surface area contributed by atoms with Gasteiger partial charge in [0.05, 0.1) is 16.7 Å². The van der Waals surface area contributed by atoms with Crippen LogP contribution in [-0.2, 0) is 5.41 Å². The number of aromatic nitrogens is 1.